The van der Waals surface area contributed by atoms with Crippen molar-refractivity contribution < 1.29 is 13.5 Å². The van der Waals surface area contributed by atoms with Gasteiger partial charge in [0.05, 0.1) is 26.2 Å². The standard InChI is InChI=1S/C22H26N3O3PS2/c1-5-21(17-6-10-19(26)11-7-17)24-15(3)22(14(2)23)30-16(4)25-18-8-12-20(13-9-18)31(27,28)29/h5-13,25-26H,4,23,29H2,1-3H3/b21-5-,22-14+,24-15-. The van der Waals surface area contributed by atoms with Crippen LogP contribution in [0.4, 0.5) is 5.69 Å². The van der Waals surface area contributed by atoms with Crippen LogP contribution < -0.4 is 11.1 Å². The van der Waals surface area contributed by atoms with Gasteiger partial charge in [-0.15, -0.1) is 0 Å². The van der Waals surface area contributed by atoms with Crippen LogP contribution in [-0.4, -0.2) is 19.2 Å². The van der Waals surface area contributed by atoms with Crippen LogP contribution in [0.5, 0.6) is 5.75 Å². The third-order valence-corrected chi connectivity index (χ3v) is 7.02. The fourth-order valence-electron chi connectivity index (χ4n) is 2.64. The van der Waals surface area contributed by atoms with E-state index in [1.807, 2.05) is 28.4 Å². The molecule has 0 saturated heterocycles. The number of hydrogen-bond acceptors (Lipinski definition) is 7. The SMILES string of the molecule is C=C(Nc1ccc(S(=O)(=O)P)cc1)SC(/C(C)=N\C(=C/C)c1ccc(O)cc1)=C(\C)N. The summed E-state index contributed by atoms with van der Waals surface area (Å²) < 4.78 is 23.1. The van der Waals surface area contributed by atoms with Crippen LogP contribution in [0, 0.1) is 0 Å². The highest BCUT2D eigenvalue weighted by Crippen LogP contribution is 2.30. The molecular formula is C22H26N3O3PS2. The van der Waals surface area contributed by atoms with Gasteiger partial charge in [0.1, 0.15) is 5.75 Å². The minimum absolute atomic E-state index is 0.194. The number of phenols is 1. The highest BCUT2D eigenvalue weighted by Gasteiger charge is 2.11. The summed E-state index contributed by atoms with van der Waals surface area (Å²) in [7, 11) is -1.50. The fourth-order valence-corrected chi connectivity index (χ4v) is 4.39. The maximum absolute atomic E-state index is 11.6. The van der Waals surface area contributed by atoms with Crippen molar-refractivity contribution in [2.45, 2.75) is 25.7 Å². The van der Waals surface area contributed by atoms with Crippen molar-refractivity contribution in [3.63, 3.8) is 0 Å². The van der Waals surface area contributed by atoms with Gasteiger partial charge in [0.2, 0.25) is 0 Å². The molecule has 2 aromatic carbocycles. The van der Waals surface area contributed by atoms with Crippen molar-refractivity contribution >= 4 is 46.8 Å². The van der Waals surface area contributed by atoms with Crippen molar-refractivity contribution in [2.75, 3.05) is 5.32 Å². The second-order valence-electron chi connectivity index (χ2n) is 6.65. The number of phenolic OH excluding ortho intramolecular Hbond substituents is 1. The molecule has 0 amide bonds. The molecule has 2 aromatic rings. The van der Waals surface area contributed by atoms with E-state index in [2.05, 4.69) is 11.9 Å². The molecule has 164 valence electrons. The number of rotatable bonds is 8. The number of nitrogens with zero attached hydrogens (tertiary/aromatic N) is 1. The lowest BCUT2D eigenvalue weighted by Gasteiger charge is -2.14. The monoisotopic (exact) mass is 475 g/mol. The maximum Gasteiger partial charge on any atom is 0.189 e. The van der Waals surface area contributed by atoms with Crippen LogP contribution >= 0.6 is 20.2 Å². The summed E-state index contributed by atoms with van der Waals surface area (Å²) in [5.74, 6) is 0.194. The fraction of sp³-hybridized carbons (Fsp3) is 0.136. The molecule has 1 unspecified atom stereocenters. The van der Waals surface area contributed by atoms with Gasteiger partial charge in [-0.05, 0) is 77.7 Å². The Morgan fingerprint density at radius 1 is 1.16 bits per heavy atom. The lowest BCUT2D eigenvalue weighted by Crippen LogP contribution is -2.06. The molecule has 1 atom stereocenters. The first-order chi connectivity index (χ1) is 14.5. The van der Waals surface area contributed by atoms with Gasteiger partial charge >= 0.3 is 0 Å². The van der Waals surface area contributed by atoms with Crippen LogP contribution in [0.25, 0.3) is 5.70 Å². The van der Waals surface area contributed by atoms with Crippen molar-refractivity contribution in [1.29, 1.82) is 0 Å². The Morgan fingerprint density at radius 2 is 1.74 bits per heavy atom. The average Bonchev–Trinajstić information content (AvgIpc) is 2.70. The highest BCUT2D eigenvalue weighted by atomic mass is 32.7. The van der Waals surface area contributed by atoms with Crippen molar-refractivity contribution in [3.8, 4) is 5.75 Å². The summed E-state index contributed by atoms with van der Waals surface area (Å²) in [5.41, 5.74) is 9.76. The van der Waals surface area contributed by atoms with E-state index in [4.69, 9.17) is 10.7 Å². The number of anilines is 1. The molecule has 4 N–H and O–H groups in total. The number of thioether (sulfide) groups is 1. The molecule has 0 bridgehead atoms. The summed E-state index contributed by atoms with van der Waals surface area (Å²) in [6, 6.07) is 13.2. The van der Waals surface area contributed by atoms with E-state index in [9.17, 15) is 13.5 Å². The van der Waals surface area contributed by atoms with E-state index in [1.165, 1.54) is 23.9 Å². The zero-order chi connectivity index (χ0) is 23.2. The topological polar surface area (TPSA) is 105 Å². The number of allylic oxidation sites excluding steroid dienone is 3. The zero-order valence-electron chi connectivity index (χ0n) is 17.6. The third-order valence-electron chi connectivity index (χ3n) is 4.10. The second kappa shape index (κ2) is 10.7. The lowest BCUT2D eigenvalue weighted by molar-refractivity contribution is 0.475. The van der Waals surface area contributed by atoms with Gasteiger partial charge in [0, 0.05) is 16.9 Å². The highest BCUT2D eigenvalue weighted by molar-refractivity contribution is 8.37. The van der Waals surface area contributed by atoms with Gasteiger partial charge in [0.25, 0.3) is 0 Å². The molecule has 9 heteroatoms. The molecule has 2 rings (SSSR count). The average molecular weight is 476 g/mol. The van der Waals surface area contributed by atoms with E-state index >= 15 is 0 Å². The van der Waals surface area contributed by atoms with Crippen LogP contribution in [-0.2, 0) is 9.46 Å². The second-order valence-corrected chi connectivity index (χ2v) is 11.2. The van der Waals surface area contributed by atoms with Gasteiger partial charge in [-0.2, -0.15) is 0 Å². The molecule has 0 aliphatic rings. The van der Waals surface area contributed by atoms with Gasteiger partial charge in [0.15, 0.2) is 9.46 Å². The Bertz CT molecular complexity index is 1150. The minimum atomic E-state index is -3.33. The van der Waals surface area contributed by atoms with Crippen LogP contribution in [0.1, 0.15) is 26.3 Å². The van der Waals surface area contributed by atoms with Crippen molar-refractivity contribution in [3.05, 3.63) is 82.4 Å². The van der Waals surface area contributed by atoms with E-state index in [-0.39, 0.29) is 10.6 Å². The Kier molecular flexibility index (Phi) is 8.51. The molecule has 6 nitrogen and oxygen atoms in total. The number of nitrogens with two attached hydrogens (primary N) is 1. The van der Waals surface area contributed by atoms with Gasteiger partial charge in [-0.3, -0.25) is 4.99 Å². The molecule has 0 spiro atoms. The molecule has 0 saturated carbocycles. The Morgan fingerprint density at radius 3 is 2.23 bits per heavy atom. The normalized spacial score (nSPS) is 13.5. The van der Waals surface area contributed by atoms with Gasteiger partial charge < -0.3 is 16.2 Å². The molecule has 0 aromatic heterocycles. The Hall–Kier alpha value is -2.54. The summed E-state index contributed by atoms with van der Waals surface area (Å²) in [6.07, 6.45) is 1.89. The predicted molar refractivity (Wildman–Crippen MR) is 135 cm³/mol. The molecule has 0 fully saturated rings. The molecule has 0 heterocycles. The summed E-state index contributed by atoms with van der Waals surface area (Å²) >= 11 is 1.34. The molecule has 0 aliphatic carbocycles. The molecule has 0 aliphatic heterocycles. The summed E-state index contributed by atoms with van der Waals surface area (Å²) in [6.45, 7) is 9.59. The van der Waals surface area contributed by atoms with E-state index in [0.717, 1.165) is 21.9 Å². The summed E-state index contributed by atoms with van der Waals surface area (Å²) in [4.78, 5) is 5.70. The first-order valence-electron chi connectivity index (χ1n) is 9.25. The number of nitrogens with one attached hydrogen (secondary N) is 1. The Labute approximate surface area is 189 Å². The first kappa shape index (κ1) is 24.7. The number of aromatic hydroxyl groups is 1. The number of benzene rings is 2. The van der Waals surface area contributed by atoms with Crippen LogP contribution in [0.3, 0.4) is 0 Å². The lowest BCUT2D eigenvalue weighted by atomic mass is 10.1. The van der Waals surface area contributed by atoms with E-state index in [1.54, 1.807) is 43.3 Å². The Balaban J connectivity index is 2.18. The smallest absolute Gasteiger partial charge is 0.189 e. The quantitative estimate of drug-likeness (QED) is 0.354. The number of hydrogen-bond donors (Lipinski definition) is 3. The van der Waals surface area contributed by atoms with E-state index in [0.29, 0.717) is 16.4 Å². The molecule has 0 radical (unpaired) electrons. The molecular weight excluding hydrogens is 449 g/mol. The first-order valence-corrected chi connectivity index (χ1v) is 13.0. The largest absolute Gasteiger partial charge is 0.508 e. The van der Waals surface area contributed by atoms with Gasteiger partial charge in [-0.25, -0.2) is 8.42 Å². The van der Waals surface area contributed by atoms with E-state index < -0.39 is 9.46 Å². The van der Waals surface area contributed by atoms with Crippen LogP contribution in [0.15, 0.2) is 86.7 Å². The maximum atomic E-state index is 11.6. The third kappa shape index (κ3) is 7.28. The van der Waals surface area contributed by atoms with Crippen molar-refractivity contribution in [2.24, 2.45) is 10.7 Å². The molecule has 31 heavy (non-hydrogen) atoms. The van der Waals surface area contributed by atoms with Crippen molar-refractivity contribution in [1.82, 2.24) is 0 Å². The number of aliphatic imine (C=N–C) groups is 1. The summed E-state index contributed by atoms with van der Waals surface area (Å²) in [5, 5.41) is 13.3. The predicted octanol–water partition coefficient (Wildman–Crippen LogP) is 5.28. The minimum Gasteiger partial charge on any atom is -0.508 e. The zero-order valence-corrected chi connectivity index (χ0v) is 20.4. The van der Waals surface area contributed by atoms with Crippen LogP contribution in [0.2, 0.25) is 0 Å². The van der Waals surface area contributed by atoms with Gasteiger partial charge in [-0.1, -0.05) is 24.4 Å².